The minimum atomic E-state index is 0.0888. The molecule has 2 aliphatic rings. The highest BCUT2D eigenvalue weighted by atomic mass is 16.3. The SMILES string of the molecule is Cc1c2c(c3c(oc4ncccc43)c1-c1cc(CC3CCCC3)cc[n+]1C)C(C)(C)CCC2(C)C. The molecule has 35 heavy (non-hydrogen) atoms. The molecule has 0 radical (unpaired) electrons. The van der Waals surface area contributed by atoms with Crippen LogP contribution >= 0.6 is 0 Å². The van der Waals surface area contributed by atoms with Crippen molar-refractivity contribution in [1.82, 2.24) is 4.98 Å². The molecule has 1 fully saturated rings. The number of rotatable bonds is 3. The highest BCUT2D eigenvalue weighted by Gasteiger charge is 2.42. The van der Waals surface area contributed by atoms with Crippen LogP contribution in [0.4, 0.5) is 0 Å². The Kier molecular flexibility index (Phi) is 5.15. The van der Waals surface area contributed by atoms with Crippen molar-refractivity contribution in [3.8, 4) is 11.3 Å². The van der Waals surface area contributed by atoms with Gasteiger partial charge in [0.15, 0.2) is 11.8 Å². The van der Waals surface area contributed by atoms with E-state index in [-0.39, 0.29) is 10.8 Å². The van der Waals surface area contributed by atoms with Crippen LogP contribution in [0.1, 0.15) is 88.5 Å². The fourth-order valence-electron chi connectivity index (χ4n) is 7.21. The van der Waals surface area contributed by atoms with Gasteiger partial charge in [-0.05, 0) is 77.3 Å². The van der Waals surface area contributed by atoms with Crippen molar-refractivity contribution in [2.75, 3.05) is 0 Å². The number of hydrogen-bond donors (Lipinski definition) is 0. The molecule has 3 heterocycles. The summed E-state index contributed by atoms with van der Waals surface area (Å²) < 4.78 is 8.94. The van der Waals surface area contributed by atoms with Crippen molar-refractivity contribution in [2.24, 2.45) is 13.0 Å². The molecule has 2 aliphatic carbocycles. The molecule has 1 aromatic carbocycles. The van der Waals surface area contributed by atoms with Crippen molar-refractivity contribution in [2.45, 2.75) is 90.4 Å². The van der Waals surface area contributed by atoms with Crippen LogP contribution in [0.15, 0.2) is 41.1 Å². The zero-order valence-corrected chi connectivity index (χ0v) is 22.3. The van der Waals surface area contributed by atoms with Crippen LogP contribution in [-0.4, -0.2) is 4.98 Å². The van der Waals surface area contributed by atoms with Gasteiger partial charge in [-0.25, -0.2) is 9.55 Å². The van der Waals surface area contributed by atoms with Crippen LogP contribution in [0.3, 0.4) is 0 Å². The molecule has 3 heteroatoms. The maximum atomic E-state index is 6.65. The Morgan fingerprint density at radius 2 is 1.74 bits per heavy atom. The first-order chi connectivity index (χ1) is 16.7. The van der Waals surface area contributed by atoms with E-state index < -0.39 is 0 Å². The molecule has 3 nitrogen and oxygen atoms in total. The fraction of sp³-hybridized carbons (Fsp3) is 0.500. The molecule has 4 aromatic rings. The van der Waals surface area contributed by atoms with E-state index in [4.69, 9.17) is 4.42 Å². The lowest BCUT2D eigenvalue weighted by Gasteiger charge is -2.43. The van der Waals surface area contributed by atoms with E-state index >= 15 is 0 Å². The average molecular weight is 468 g/mol. The van der Waals surface area contributed by atoms with E-state index in [1.165, 1.54) is 83.8 Å². The minimum Gasteiger partial charge on any atom is -0.437 e. The van der Waals surface area contributed by atoms with Gasteiger partial charge >= 0.3 is 0 Å². The van der Waals surface area contributed by atoms with Gasteiger partial charge in [-0.1, -0.05) is 53.4 Å². The van der Waals surface area contributed by atoms with Crippen LogP contribution in [0.2, 0.25) is 0 Å². The third-order valence-electron chi connectivity index (χ3n) is 9.14. The first kappa shape index (κ1) is 22.8. The topological polar surface area (TPSA) is 29.9 Å². The van der Waals surface area contributed by atoms with Gasteiger partial charge < -0.3 is 4.42 Å². The normalized spacial score (nSPS) is 19.5. The molecule has 0 N–H and O–H groups in total. The molecule has 3 aromatic heterocycles. The van der Waals surface area contributed by atoms with Gasteiger partial charge in [0.05, 0.1) is 5.56 Å². The fourth-order valence-corrected chi connectivity index (χ4v) is 7.21. The van der Waals surface area contributed by atoms with Crippen LogP contribution in [-0.2, 0) is 24.3 Å². The number of fused-ring (bicyclic) bond motifs is 5. The predicted molar refractivity (Wildman–Crippen MR) is 144 cm³/mol. The maximum absolute atomic E-state index is 6.65. The van der Waals surface area contributed by atoms with Gasteiger partial charge in [-0.15, -0.1) is 0 Å². The molecule has 1 saturated carbocycles. The van der Waals surface area contributed by atoms with E-state index in [0.717, 1.165) is 22.6 Å². The molecule has 182 valence electrons. The van der Waals surface area contributed by atoms with Crippen molar-refractivity contribution in [3.05, 3.63) is 58.9 Å². The lowest BCUT2D eigenvalue weighted by molar-refractivity contribution is -0.660. The Balaban J connectivity index is 1.70. The summed E-state index contributed by atoms with van der Waals surface area (Å²) in [5.74, 6) is 0.829. The Labute approximate surface area is 209 Å². The summed E-state index contributed by atoms with van der Waals surface area (Å²) in [6, 6.07) is 9.00. The maximum Gasteiger partial charge on any atom is 0.227 e. The number of aryl methyl sites for hydroxylation is 1. The molecule has 0 atom stereocenters. The Morgan fingerprint density at radius 1 is 1.03 bits per heavy atom. The summed E-state index contributed by atoms with van der Waals surface area (Å²) in [4.78, 5) is 4.65. The number of aromatic nitrogens is 2. The number of nitrogens with zero attached hydrogens (tertiary/aromatic N) is 2. The highest BCUT2D eigenvalue weighted by Crippen LogP contribution is 2.54. The van der Waals surface area contributed by atoms with Crippen LogP contribution in [0, 0.1) is 12.8 Å². The summed E-state index contributed by atoms with van der Waals surface area (Å²) in [7, 11) is 2.18. The first-order valence-electron chi connectivity index (χ1n) is 13.5. The third-order valence-corrected chi connectivity index (χ3v) is 9.14. The van der Waals surface area contributed by atoms with Gasteiger partial charge in [0.2, 0.25) is 11.4 Å². The largest absolute Gasteiger partial charge is 0.437 e. The second kappa shape index (κ2) is 7.91. The van der Waals surface area contributed by atoms with Crippen LogP contribution in [0.25, 0.3) is 33.3 Å². The van der Waals surface area contributed by atoms with Crippen molar-refractivity contribution >= 4 is 22.1 Å². The number of furan rings is 1. The van der Waals surface area contributed by atoms with E-state index in [1.807, 2.05) is 12.3 Å². The minimum absolute atomic E-state index is 0.0888. The third kappa shape index (κ3) is 3.53. The summed E-state index contributed by atoms with van der Waals surface area (Å²) in [6.07, 6.45) is 13.2. The molecular weight excluding hydrogens is 428 g/mol. The second-order valence-corrected chi connectivity index (χ2v) is 12.6. The van der Waals surface area contributed by atoms with E-state index in [9.17, 15) is 0 Å². The summed E-state index contributed by atoms with van der Waals surface area (Å²) in [5, 5.41) is 2.43. The van der Waals surface area contributed by atoms with Gasteiger partial charge in [0.1, 0.15) is 7.05 Å². The lowest BCUT2D eigenvalue weighted by atomic mass is 9.60. The van der Waals surface area contributed by atoms with Crippen molar-refractivity contribution in [1.29, 1.82) is 0 Å². The van der Waals surface area contributed by atoms with E-state index in [2.05, 4.69) is 75.6 Å². The van der Waals surface area contributed by atoms with Gasteiger partial charge in [0, 0.05) is 29.1 Å². The van der Waals surface area contributed by atoms with Gasteiger partial charge in [-0.3, -0.25) is 0 Å². The lowest BCUT2D eigenvalue weighted by Crippen LogP contribution is -2.36. The van der Waals surface area contributed by atoms with E-state index in [1.54, 1.807) is 0 Å². The number of hydrogen-bond acceptors (Lipinski definition) is 2. The molecule has 6 rings (SSSR count). The molecule has 0 unspecified atom stereocenters. The van der Waals surface area contributed by atoms with Crippen LogP contribution in [0.5, 0.6) is 0 Å². The summed E-state index contributed by atoms with van der Waals surface area (Å²) in [6.45, 7) is 12.0. The highest BCUT2D eigenvalue weighted by molar-refractivity contribution is 6.12. The number of benzene rings is 1. The van der Waals surface area contributed by atoms with Crippen LogP contribution < -0.4 is 4.57 Å². The molecular formula is C32H39N2O+. The van der Waals surface area contributed by atoms with Crippen molar-refractivity contribution in [3.63, 3.8) is 0 Å². The molecule has 0 bridgehead atoms. The number of pyridine rings is 2. The standard InChI is InChI=1S/C32H39N2O/c1-20-25(24-19-22(13-17-34(24)6)18-21-10-7-8-11-21)29-26(23-12-9-16-33-30(23)35-29)28-27(20)31(2,3)14-15-32(28,4)5/h9,12-13,16-17,19,21H,7-8,10-11,14-15,18H2,1-6H3/q+1. The smallest absolute Gasteiger partial charge is 0.227 e. The zero-order chi connectivity index (χ0) is 24.5. The molecule has 0 aliphatic heterocycles. The Hall–Kier alpha value is -2.68. The zero-order valence-electron chi connectivity index (χ0n) is 22.3. The van der Waals surface area contributed by atoms with Gasteiger partial charge in [-0.2, -0.15) is 0 Å². The van der Waals surface area contributed by atoms with E-state index in [0.29, 0.717) is 0 Å². The predicted octanol–water partition coefficient (Wildman–Crippen LogP) is 7.86. The summed E-state index contributed by atoms with van der Waals surface area (Å²) >= 11 is 0. The quantitative estimate of drug-likeness (QED) is 0.287. The molecule has 0 saturated heterocycles. The van der Waals surface area contributed by atoms with Crippen molar-refractivity contribution < 1.29 is 8.98 Å². The second-order valence-electron chi connectivity index (χ2n) is 12.6. The van der Waals surface area contributed by atoms with Gasteiger partial charge in [0.25, 0.3) is 0 Å². The molecule has 0 spiro atoms. The average Bonchev–Trinajstić information content (AvgIpc) is 3.45. The Morgan fingerprint density at radius 3 is 2.49 bits per heavy atom. The molecule has 0 amide bonds. The first-order valence-corrected chi connectivity index (χ1v) is 13.5. The Bertz CT molecular complexity index is 1450. The monoisotopic (exact) mass is 467 g/mol. The summed E-state index contributed by atoms with van der Waals surface area (Å²) in [5.41, 5.74) is 10.3.